The predicted molar refractivity (Wildman–Crippen MR) is 65.7 cm³/mol. The maximum atomic E-state index is 11.3. The number of aryl methyl sites for hydroxylation is 1. The van der Waals surface area contributed by atoms with E-state index in [9.17, 15) is 4.79 Å². The molecule has 0 aliphatic heterocycles. The van der Waals surface area contributed by atoms with Crippen molar-refractivity contribution in [2.75, 3.05) is 11.9 Å². The average molecular weight is 242 g/mol. The van der Waals surface area contributed by atoms with Crippen LogP contribution < -0.4 is 10.6 Å². The number of rotatable bonds is 6. The van der Waals surface area contributed by atoms with Crippen LogP contribution in [0, 0.1) is 0 Å². The van der Waals surface area contributed by atoms with Crippen LogP contribution >= 0.6 is 11.5 Å². The zero-order chi connectivity index (χ0) is 12.0. The Morgan fingerprint density at radius 1 is 1.50 bits per heavy atom. The van der Waals surface area contributed by atoms with Crippen LogP contribution in [0.1, 0.15) is 33.0 Å². The van der Waals surface area contributed by atoms with Gasteiger partial charge in [0, 0.05) is 37.0 Å². The van der Waals surface area contributed by atoms with E-state index in [-0.39, 0.29) is 11.9 Å². The maximum absolute atomic E-state index is 11.3. The zero-order valence-electron chi connectivity index (χ0n) is 9.91. The minimum absolute atomic E-state index is 0.0581. The Balaban J connectivity index is 2.22. The van der Waals surface area contributed by atoms with Gasteiger partial charge in [-0.3, -0.25) is 4.79 Å². The molecular weight excluding hydrogens is 224 g/mol. The lowest BCUT2D eigenvalue weighted by atomic mass is 10.3. The van der Waals surface area contributed by atoms with Crippen molar-refractivity contribution in [3.8, 4) is 0 Å². The number of hydrogen-bond donors (Lipinski definition) is 2. The lowest BCUT2D eigenvalue weighted by Gasteiger charge is -2.07. The minimum Gasteiger partial charge on any atom is -0.360 e. The highest BCUT2D eigenvalue weighted by Gasteiger charge is 2.04. The molecule has 2 N–H and O–H groups in total. The first-order chi connectivity index (χ1) is 7.61. The number of aromatic nitrogens is 2. The Labute approximate surface area is 99.8 Å². The molecule has 0 aliphatic rings. The van der Waals surface area contributed by atoms with Gasteiger partial charge in [-0.15, -0.1) is 0 Å². The number of nitrogens with zero attached hydrogens (tertiary/aromatic N) is 2. The summed E-state index contributed by atoms with van der Waals surface area (Å²) in [7, 11) is 0. The average Bonchev–Trinajstić information content (AvgIpc) is 2.64. The molecule has 0 unspecified atom stereocenters. The Morgan fingerprint density at radius 3 is 2.81 bits per heavy atom. The second-order valence-electron chi connectivity index (χ2n) is 3.77. The Hall–Kier alpha value is -1.17. The van der Waals surface area contributed by atoms with E-state index in [1.54, 1.807) is 0 Å². The fourth-order valence-corrected chi connectivity index (χ4v) is 1.82. The molecule has 1 heterocycles. The summed E-state index contributed by atoms with van der Waals surface area (Å²) in [6, 6.07) is 0.195. The van der Waals surface area contributed by atoms with Crippen molar-refractivity contribution in [3.05, 3.63) is 5.82 Å². The lowest BCUT2D eigenvalue weighted by molar-refractivity contribution is -0.121. The summed E-state index contributed by atoms with van der Waals surface area (Å²) in [5.74, 6) is 0.905. The van der Waals surface area contributed by atoms with Crippen molar-refractivity contribution in [2.45, 2.75) is 39.7 Å². The van der Waals surface area contributed by atoms with Gasteiger partial charge < -0.3 is 10.6 Å². The van der Waals surface area contributed by atoms with E-state index >= 15 is 0 Å². The van der Waals surface area contributed by atoms with Crippen molar-refractivity contribution < 1.29 is 4.79 Å². The standard InChI is InChI=1S/C10H18N4OS/c1-4-8-13-10(16-14-8)11-6-5-9(15)12-7(2)3/h7H,4-6H2,1-3H3,(H,12,15)(H,11,13,14). The van der Waals surface area contributed by atoms with Crippen LogP contribution in [0.5, 0.6) is 0 Å². The van der Waals surface area contributed by atoms with E-state index in [0.29, 0.717) is 13.0 Å². The first-order valence-corrected chi connectivity index (χ1v) is 6.25. The highest BCUT2D eigenvalue weighted by molar-refractivity contribution is 7.09. The highest BCUT2D eigenvalue weighted by Crippen LogP contribution is 2.10. The van der Waals surface area contributed by atoms with E-state index in [2.05, 4.69) is 20.0 Å². The Kier molecular flexibility index (Phi) is 5.18. The first kappa shape index (κ1) is 12.9. The monoisotopic (exact) mass is 242 g/mol. The molecular formula is C10H18N4OS. The predicted octanol–water partition coefficient (Wildman–Crippen LogP) is 1.43. The molecule has 1 amide bonds. The third kappa shape index (κ3) is 4.57. The summed E-state index contributed by atoms with van der Waals surface area (Å²) in [6.45, 7) is 6.51. The van der Waals surface area contributed by atoms with Crippen LogP contribution in [-0.4, -0.2) is 27.9 Å². The Bertz CT molecular complexity index is 337. The van der Waals surface area contributed by atoms with Crippen molar-refractivity contribution in [2.24, 2.45) is 0 Å². The lowest BCUT2D eigenvalue weighted by Crippen LogP contribution is -2.31. The van der Waals surface area contributed by atoms with E-state index in [1.165, 1.54) is 11.5 Å². The summed E-state index contributed by atoms with van der Waals surface area (Å²) in [6.07, 6.45) is 1.30. The van der Waals surface area contributed by atoms with Gasteiger partial charge in [-0.05, 0) is 13.8 Å². The van der Waals surface area contributed by atoms with Gasteiger partial charge in [-0.1, -0.05) is 6.92 Å². The molecule has 1 aromatic heterocycles. The van der Waals surface area contributed by atoms with Gasteiger partial charge in [0.1, 0.15) is 5.82 Å². The summed E-state index contributed by atoms with van der Waals surface area (Å²) in [4.78, 5) is 15.6. The number of carbonyl (C=O) groups excluding carboxylic acids is 1. The smallest absolute Gasteiger partial charge is 0.221 e. The topological polar surface area (TPSA) is 66.9 Å². The van der Waals surface area contributed by atoms with Crippen LogP contribution in [0.4, 0.5) is 5.13 Å². The summed E-state index contributed by atoms with van der Waals surface area (Å²) < 4.78 is 4.15. The highest BCUT2D eigenvalue weighted by atomic mass is 32.1. The number of amides is 1. The molecule has 5 nitrogen and oxygen atoms in total. The largest absolute Gasteiger partial charge is 0.360 e. The first-order valence-electron chi connectivity index (χ1n) is 5.47. The van der Waals surface area contributed by atoms with E-state index < -0.39 is 0 Å². The minimum atomic E-state index is 0.0581. The number of hydrogen-bond acceptors (Lipinski definition) is 5. The van der Waals surface area contributed by atoms with Gasteiger partial charge in [0.2, 0.25) is 11.0 Å². The van der Waals surface area contributed by atoms with Crippen molar-refractivity contribution in [1.82, 2.24) is 14.7 Å². The molecule has 0 radical (unpaired) electrons. The van der Waals surface area contributed by atoms with Gasteiger partial charge in [-0.2, -0.15) is 4.37 Å². The van der Waals surface area contributed by atoms with Gasteiger partial charge in [-0.25, -0.2) is 4.98 Å². The van der Waals surface area contributed by atoms with Gasteiger partial charge in [0.25, 0.3) is 0 Å². The molecule has 0 bridgehead atoms. The quantitative estimate of drug-likeness (QED) is 0.792. The molecule has 0 spiro atoms. The van der Waals surface area contributed by atoms with Crippen molar-refractivity contribution >= 4 is 22.6 Å². The molecule has 1 rings (SSSR count). The summed E-state index contributed by atoms with van der Waals surface area (Å²) in [5.41, 5.74) is 0. The third-order valence-electron chi connectivity index (χ3n) is 1.86. The zero-order valence-corrected chi connectivity index (χ0v) is 10.7. The second kappa shape index (κ2) is 6.42. The Morgan fingerprint density at radius 2 is 2.25 bits per heavy atom. The fraction of sp³-hybridized carbons (Fsp3) is 0.700. The molecule has 0 saturated carbocycles. The van der Waals surface area contributed by atoms with E-state index in [4.69, 9.17) is 0 Å². The molecule has 0 aliphatic carbocycles. The molecule has 16 heavy (non-hydrogen) atoms. The fourth-order valence-electron chi connectivity index (χ4n) is 1.15. The maximum Gasteiger partial charge on any atom is 0.221 e. The van der Waals surface area contributed by atoms with Crippen molar-refractivity contribution in [3.63, 3.8) is 0 Å². The summed E-state index contributed by atoms with van der Waals surface area (Å²) in [5, 5.41) is 6.71. The summed E-state index contributed by atoms with van der Waals surface area (Å²) >= 11 is 1.34. The SMILES string of the molecule is CCc1nsc(NCCC(=O)NC(C)C)n1. The third-order valence-corrected chi connectivity index (χ3v) is 2.57. The van der Waals surface area contributed by atoms with Crippen LogP contribution in [0.2, 0.25) is 0 Å². The van der Waals surface area contributed by atoms with Gasteiger partial charge in [0.15, 0.2) is 0 Å². The van der Waals surface area contributed by atoms with Crippen molar-refractivity contribution in [1.29, 1.82) is 0 Å². The second-order valence-corrected chi connectivity index (χ2v) is 4.52. The molecule has 0 atom stereocenters. The molecule has 6 heteroatoms. The molecule has 0 saturated heterocycles. The van der Waals surface area contributed by atoms with Crippen LogP contribution in [0.25, 0.3) is 0 Å². The molecule has 1 aromatic rings. The van der Waals surface area contributed by atoms with Gasteiger partial charge in [0.05, 0.1) is 0 Å². The van der Waals surface area contributed by atoms with Crippen LogP contribution in [-0.2, 0) is 11.2 Å². The van der Waals surface area contributed by atoms with Crippen LogP contribution in [0.3, 0.4) is 0 Å². The van der Waals surface area contributed by atoms with E-state index in [1.807, 2.05) is 20.8 Å². The number of anilines is 1. The molecule has 0 fully saturated rings. The van der Waals surface area contributed by atoms with Crippen LogP contribution in [0.15, 0.2) is 0 Å². The number of carbonyl (C=O) groups is 1. The molecule has 90 valence electrons. The van der Waals surface area contributed by atoms with E-state index in [0.717, 1.165) is 17.4 Å². The normalized spacial score (nSPS) is 10.5. The number of nitrogens with one attached hydrogen (secondary N) is 2. The molecule has 0 aromatic carbocycles. The van der Waals surface area contributed by atoms with Gasteiger partial charge >= 0.3 is 0 Å².